The molecule has 5 nitrogen and oxygen atoms in total. The summed E-state index contributed by atoms with van der Waals surface area (Å²) in [4.78, 5) is 11.5. The van der Waals surface area contributed by atoms with Crippen molar-refractivity contribution in [2.75, 3.05) is 13.7 Å². The van der Waals surface area contributed by atoms with Crippen molar-refractivity contribution in [2.45, 2.75) is 18.5 Å². The average Bonchev–Trinajstić information content (AvgIpc) is 2.56. The summed E-state index contributed by atoms with van der Waals surface area (Å²) in [5.74, 6) is -4.25. The number of carbonyl (C=O) groups is 1. The van der Waals surface area contributed by atoms with Crippen molar-refractivity contribution < 1.29 is 27.1 Å². The fourth-order valence-corrected chi connectivity index (χ4v) is 0.885. The molecule has 1 unspecified atom stereocenters. The third kappa shape index (κ3) is 2.52. The molecule has 1 aliphatic rings. The van der Waals surface area contributed by atoms with E-state index in [1.165, 1.54) is 7.05 Å². The topological polar surface area (TPSA) is 53.9 Å². The number of ether oxygens (including phenoxy) is 1. The van der Waals surface area contributed by atoms with E-state index in [-0.39, 0.29) is 6.02 Å². The van der Waals surface area contributed by atoms with E-state index in [9.17, 15) is 22.4 Å². The molecule has 1 atom stereocenters. The highest BCUT2D eigenvalue weighted by Gasteiger charge is 2.42. The Hall–Kier alpha value is -1.54. The molecule has 0 aromatic carbocycles. The Bertz CT molecular complexity index is 297. The van der Waals surface area contributed by atoms with Gasteiger partial charge in [0.2, 0.25) is 0 Å². The van der Waals surface area contributed by atoms with Crippen LogP contribution in [0, 0.1) is 0 Å². The molecule has 1 aliphatic heterocycles. The van der Waals surface area contributed by atoms with E-state index in [4.69, 9.17) is 0 Å². The standard InChI is InChI=1S/C7H9F4N3O2/c1-14-4(2-15)12-13-6(14)16-3-7(10,11)5(8)9/h2,4-5,12H,3H2,1H3. The predicted octanol–water partition coefficient (Wildman–Crippen LogP) is 0.234. The Morgan fingerprint density at radius 3 is 2.75 bits per heavy atom. The molecule has 0 radical (unpaired) electrons. The quantitative estimate of drug-likeness (QED) is 0.567. The first-order valence-corrected chi connectivity index (χ1v) is 4.18. The molecule has 0 saturated carbocycles. The van der Waals surface area contributed by atoms with E-state index in [1.807, 2.05) is 0 Å². The maximum Gasteiger partial charge on any atom is 0.340 e. The summed E-state index contributed by atoms with van der Waals surface area (Å²) in [6.07, 6.45) is -4.18. The van der Waals surface area contributed by atoms with Crippen LogP contribution in [-0.4, -0.2) is 49.4 Å². The Morgan fingerprint density at radius 1 is 1.69 bits per heavy atom. The molecule has 1 heterocycles. The summed E-state index contributed by atoms with van der Waals surface area (Å²) in [6, 6.07) is -0.336. The van der Waals surface area contributed by atoms with Gasteiger partial charge in [-0.1, -0.05) is 0 Å². The van der Waals surface area contributed by atoms with Gasteiger partial charge in [-0.3, -0.25) is 10.2 Å². The molecule has 0 bridgehead atoms. The van der Waals surface area contributed by atoms with Gasteiger partial charge in [0.05, 0.1) is 0 Å². The number of halogens is 4. The summed E-state index contributed by atoms with van der Waals surface area (Å²) >= 11 is 0. The number of rotatable bonds is 4. The number of amidine groups is 1. The molecule has 0 aromatic heterocycles. The highest BCUT2D eigenvalue weighted by atomic mass is 19.3. The number of nitrogens with zero attached hydrogens (tertiary/aromatic N) is 2. The molecule has 92 valence electrons. The SMILES string of the molecule is CN1C(OCC(F)(F)C(F)F)=NNC1C=O. The van der Waals surface area contributed by atoms with Crippen LogP contribution in [0.2, 0.25) is 0 Å². The monoisotopic (exact) mass is 243 g/mol. The number of nitrogens with one attached hydrogen (secondary N) is 1. The number of alkyl halides is 4. The highest BCUT2D eigenvalue weighted by Crippen LogP contribution is 2.23. The third-order valence-corrected chi connectivity index (χ3v) is 1.85. The number of carbonyl (C=O) groups excluding carboxylic acids is 1. The van der Waals surface area contributed by atoms with Crippen LogP contribution in [0.15, 0.2) is 5.10 Å². The second-order valence-corrected chi connectivity index (χ2v) is 3.07. The van der Waals surface area contributed by atoms with Crippen molar-refractivity contribution in [2.24, 2.45) is 5.10 Å². The summed E-state index contributed by atoms with van der Waals surface area (Å²) in [7, 11) is 1.35. The minimum atomic E-state index is -4.25. The van der Waals surface area contributed by atoms with Gasteiger partial charge >= 0.3 is 18.4 Å². The van der Waals surface area contributed by atoms with Crippen molar-refractivity contribution in [3.05, 3.63) is 0 Å². The van der Waals surface area contributed by atoms with Gasteiger partial charge in [-0.05, 0) is 0 Å². The van der Waals surface area contributed by atoms with Crippen LogP contribution in [-0.2, 0) is 9.53 Å². The van der Waals surface area contributed by atoms with Crippen LogP contribution in [0.3, 0.4) is 0 Å². The first-order chi connectivity index (χ1) is 7.38. The van der Waals surface area contributed by atoms with E-state index in [0.29, 0.717) is 6.29 Å². The lowest BCUT2D eigenvalue weighted by Crippen LogP contribution is -2.41. The minimum Gasteiger partial charge on any atom is -0.457 e. The molecule has 0 amide bonds. The number of hydrazone groups is 1. The Morgan fingerprint density at radius 2 is 2.31 bits per heavy atom. The lowest BCUT2D eigenvalue weighted by Gasteiger charge is -2.20. The van der Waals surface area contributed by atoms with Crippen molar-refractivity contribution in [1.82, 2.24) is 10.3 Å². The van der Waals surface area contributed by atoms with Crippen molar-refractivity contribution in [3.63, 3.8) is 0 Å². The van der Waals surface area contributed by atoms with E-state index in [0.717, 1.165) is 4.90 Å². The van der Waals surface area contributed by atoms with Gasteiger partial charge < -0.3 is 9.64 Å². The van der Waals surface area contributed by atoms with Crippen LogP contribution in [0.4, 0.5) is 17.6 Å². The molecule has 1 N–H and O–H groups in total. The number of likely N-dealkylation sites (N-methyl/N-ethyl adjacent to an activating group) is 1. The van der Waals surface area contributed by atoms with Crippen LogP contribution < -0.4 is 5.43 Å². The molecular weight excluding hydrogens is 234 g/mol. The summed E-state index contributed by atoms with van der Waals surface area (Å²) in [6.45, 7) is -1.50. The Balaban J connectivity index is 2.49. The van der Waals surface area contributed by atoms with Crippen molar-refractivity contribution >= 4 is 12.3 Å². The molecule has 0 fully saturated rings. The molecule has 9 heteroatoms. The zero-order valence-electron chi connectivity index (χ0n) is 8.16. The fourth-order valence-electron chi connectivity index (χ4n) is 0.885. The van der Waals surface area contributed by atoms with Gasteiger partial charge in [-0.2, -0.15) is 8.78 Å². The van der Waals surface area contributed by atoms with Gasteiger partial charge in [-0.15, -0.1) is 5.10 Å². The van der Waals surface area contributed by atoms with Gasteiger partial charge in [0.25, 0.3) is 0 Å². The van der Waals surface area contributed by atoms with Crippen molar-refractivity contribution in [1.29, 1.82) is 0 Å². The number of hydrogen-bond acceptors (Lipinski definition) is 5. The third-order valence-electron chi connectivity index (χ3n) is 1.85. The predicted molar refractivity (Wildman–Crippen MR) is 45.1 cm³/mol. The number of aldehydes is 1. The largest absolute Gasteiger partial charge is 0.457 e. The smallest absolute Gasteiger partial charge is 0.340 e. The maximum absolute atomic E-state index is 12.5. The zero-order chi connectivity index (χ0) is 12.3. The molecule has 1 rings (SSSR count). The van der Waals surface area contributed by atoms with Crippen LogP contribution >= 0.6 is 0 Å². The Labute approximate surface area is 88.0 Å². The first kappa shape index (κ1) is 12.5. The lowest BCUT2D eigenvalue weighted by atomic mass is 10.4. The van der Waals surface area contributed by atoms with E-state index < -0.39 is 25.1 Å². The molecule has 16 heavy (non-hydrogen) atoms. The second-order valence-electron chi connectivity index (χ2n) is 3.07. The molecular formula is C7H9F4N3O2. The minimum absolute atomic E-state index is 0.336. The molecule has 0 aliphatic carbocycles. The highest BCUT2D eigenvalue weighted by molar-refractivity contribution is 5.79. The zero-order valence-corrected chi connectivity index (χ0v) is 8.16. The van der Waals surface area contributed by atoms with Gasteiger partial charge in [0.15, 0.2) is 19.1 Å². The normalized spacial score (nSPS) is 20.8. The Kier molecular flexibility index (Phi) is 3.55. The summed E-state index contributed by atoms with van der Waals surface area (Å²) in [5.41, 5.74) is 2.26. The van der Waals surface area contributed by atoms with Crippen molar-refractivity contribution in [3.8, 4) is 0 Å². The maximum atomic E-state index is 12.5. The number of hydrogen-bond donors (Lipinski definition) is 1. The summed E-state index contributed by atoms with van der Waals surface area (Å²) in [5, 5.41) is 3.39. The summed E-state index contributed by atoms with van der Waals surface area (Å²) < 4.78 is 52.9. The fraction of sp³-hybridized carbons (Fsp3) is 0.714. The van der Waals surface area contributed by atoms with Crippen LogP contribution in [0.1, 0.15) is 0 Å². The molecule has 0 aromatic rings. The lowest BCUT2D eigenvalue weighted by molar-refractivity contribution is -0.152. The van der Waals surface area contributed by atoms with Gasteiger partial charge in [0, 0.05) is 7.05 Å². The van der Waals surface area contributed by atoms with E-state index in [1.54, 1.807) is 0 Å². The van der Waals surface area contributed by atoms with E-state index >= 15 is 0 Å². The molecule has 0 saturated heterocycles. The van der Waals surface area contributed by atoms with E-state index in [2.05, 4.69) is 15.3 Å². The van der Waals surface area contributed by atoms with Gasteiger partial charge in [-0.25, -0.2) is 8.78 Å². The average molecular weight is 243 g/mol. The first-order valence-electron chi connectivity index (χ1n) is 4.18. The molecule has 0 spiro atoms. The van der Waals surface area contributed by atoms with Crippen LogP contribution in [0.5, 0.6) is 0 Å². The van der Waals surface area contributed by atoms with Crippen LogP contribution in [0.25, 0.3) is 0 Å². The van der Waals surface area contributed by atoms with Gasteiger partial charge in [0.1, 0.15) is 0 Å². The second kappa shape index (κ2) is 4.54.